The summed E-state index contributed by atoms with van der Waals surface area (Å²) >= 11 is 0. The minimum Gasteiger partial charge on any atom is -0.481 e. The zero-order valence-electron chi connectivity index (χ0n) is 14.4. The second-order valence-electron chi connectivity index (χ2n) is 6.81. The van der Waals surface area contributed by atoms with E-state index >= 15 is 0 Å². The number of ether oxygens (including phenoxy) is 2. The maximum atomic E-state index is 13.2. The molecule has 6 nitrogen and oxygen atoms in total. The zero-order valence-corrected chi connectivity index (χ0v) is 14.4. The molecule has 25 heavy (non-hydrogen) atoms. The Bertz CT molecular complexity index is 597. The maximum absolute atomic E-state index is 13.2. The number of carboxylic acids is 1. The number of carbonyl (C=O) groups excluding carboxylic acids is 1. The third kappa shape index (κ3) is 4.19. The number of hydrogen-bond acceptors (Lipinski definition) is 4. The maximum Gasteiger partial charge on any atom is 0.308 e. The molecule has 1 aromatic rings. The van der Waals surface area contributed by atoms with E-state index in [2.05, 4.69) is 0 Å². The highest BCUT2D eigenvalue weighted by molar-refractivity contribution is 5.86. The van der Waals surface area contributed by atoms with Gasteiger partial charge in [0.25, 0.3) is 5.91 Å². The van der Waals surface area contributed by atoms with E-state index in [-0.39, 0.29) is 12.5 Å². The summed E-state index contributed by atoms with van der Waals surface area (Å²) in [6.45, 7) is 2.20. The van der Waals surface area contributed by atoms with Gasteiger partial charge in [0.05, 0.1) is 12.5 Å². The Morgan fingerprint density at radius 1 is 1.24 bits per heavy atom. The smallest absolute Gasteiger partial charge is 0.308 e. The van der Waals surface area contributed by atoms with Gasteiger partial charge in [0, 0.05) is 39.1 Å². The van der Waals surface area contributed by atoms with E-state index in [1.165, 1.54) is 0 Å². The highest BCUT2D eigenvalue weighted by Crippen LogP contribution is 2.31. The van der Waals surface area contributed by atoms with E-state index in [0.717, 1.165) is 5.56 Å². The third-order valence-electron chi connectivity index (χ3n) is 5.11. The highest BCUT2D eigenvalue weighted by Gasteiger charge is 2.45. The van der Waals surface area contributed by atoms with E-state index in [4.69, 9.17) is 9.47 Å². The number of amides is 1. The SMILES string of the molecule is O=C(O)[C@H]1CCCN(C(=O)C2(OCc3ccccc3)CCOCC2)C1. The summed E-state index contributed by atoms with van der Waals surface area (Å²) in [5, 5.41) is 9.28. The Balaban J connectivity index is 1.72. The van der Waals surface area contributed by atoms with Gasteiger partial charge in [-0.15, -0.1) is 0 Å². The molecule has 2 fully saturated rings. The van der Waals surface area contributed by atoms with Gasteiger partial charge >= 0.3 is 5.97 Å². The Hall–Kier alpha value is -1.92. The van der Waals surface area contributed by atoms with Gasteiger partial charge in [-0.05, 0) is 18.4 Å². The minimum atomic E-state index is -0.908. The molecule has 0 radical (unpaired) electrons. The average Bonchev–Trinajstić information content (AvgIpc) is 2.67. The molecule has 0 aliphatic carbocycles. The lowest BCUT2D eigenvalue weighted by Crippen LogP contribution is -2.56. The van der Waals surface area contributed by atoms with Crippen LogP contribution >= 0.6 is 0 Å². The molecule has 2 saturated heterocycles. The first kappa shape index (κ1) is 17.9. The van der Waals surface area contributed by atoms with Crippen molar-refractivity contribution in [3.63, 3.8) is 0 Å². The van der Waals surface area contributed by atoms with Gasteiger partial charge < -0.3 is 19.5 Å². The van der Waals surface area contributed by atoms with Gasteiger partial charge in [0.15, 0.2) is 5.60 Å². The molecule has 1 N–H and O–H groups in total. The Morgan fingerprint density at radius 2 is 1.96 bits per heavy atom. The fourth-order valence-electron chi connectivity index (χ4n) is 3.57. The fraction of sp³-hybridized carbons (Fsp3) is 0.579. The first-order valence-corrected chi connectivity index (χ1v) is 8.88. The molecule has 1 atom stereocenters. The first-order valence-electron chi connectivity index (χ1n) is 8.88. The van der Waals surface area contributed by atoms with E-state index in [1.807, 2.05) is 30.3 Å². The molecule has 0 bridgehead atoms. The van der Waals surface area contributed by atoms with Crippen LogP contribution in [0.15, 0.2) is 30.3 Å². The van der Waals surface area contributed by atoms with Gasteiger partial charge in [0.2, 0.25) is 0 Å². The number of piperidine rings is 1. The Labute approximate surface area is 147 Å². The summed E-state index contributed by atoms with van der Waals surface area (Å²) in [6, 6.07) is 9.77. The van der Waals surface area contributed by atoms with Crippen LogP contribution in [0.3, 0.4) is 0 Å². The van der Waals surface area contributed by atoms with Crippen LogP contribution in [0.1, 0.15) is 31.2 Å². The van der Waals surface area contributed by atoms with Gasteiger partial charge in [-0.2, -0.15) is 0 Å². The van der Waals surface area contributed by atoms with Gasteiger partial charge in [-0.25, -0.2) is 0 Å². The van der Waals surface area contributed by atoms with Crippen molar-refractivity contribution >= 4 is 11.9 Å². The van der Waals surface area contributed by atoms with Crippen LogP contribution in [0.25, 0.3) is 0 Å². The number of likely N-dealkylation sites (tertiary alicyclic amines) is 1. The molecule has 0 saturated carbocycles. The van der Waals surface area contributed by atoms with Crippen LogP contribution < -0.4 is 0 Å². The lowest BCUT2D eigenvalue weighted by molar-refractivity contribution is -0.176. The van der Waals surface area contributed by atoms with E-state index in [9.17, 15) is 14.7 Å². The largest absolute Gasteiger partial charge is 0.481 e. The fourth-order valence-corrected chi connectivity index (χ4v) is 3.57. The first-order chi connectivity index (χ1) is 12.1. The Morgan fingerprint density at radius 3 is 2.64 bits per heavy atom. The van der Waals surface area contributed by atoms with Crippen LogP contribution in [0.4, 0.5) is 0 Å². The third-order valence-corrected chi connectivity index (χ3v) is 5.11. The molecule has 0 spiro atoms. The lowest BCUT2D eigenvalue weighted by Gasteiger charge is -2.41. The van der Waals surface area contributed by atoms with E-state index in [1.54, 1.807) is 4.90 Å². The van der Waals surface area contributed by atoms with Crippen LogP contribution in [0.2, 0.25) is 0 Å². The van der Waals surface area contributed by atoms with Crippen molar-refractivity contribution in [2.45, 2.75) is 37.9 Å². The van der Waals surface area contributed by atoms with E-state index in [0.29, 0.717) is 52.0 Å². The normalized spacial score (nSPS) is 23.2. The van der Waals surface area contributed by atoms with Crippen molar-refractivity contribution in [3.8, 4) is 0 Å². The van der Waals surface area contributed by atoms with Crippen LogP contribution in [-0.4, -0.2) is 53.8 Å². The molecule has 6 heteroatoms. The molecule has 0 aromatic heterocycles. The predicted molar refractivity (Wildman–Crippen MR) is 91.0 cm³/mol. The number of carbonyl (C=O) groups is 2. The highest BCUT2D eigenvalue weighted by atomic mass is 16.5. The summed E-state index contributed by atoms with van der Waals surface area (Å²) in [4.78, 5) is 26.2. The number of rotatable bonds is 5. The van der Waals surface area contributed by atoms with Crippen molar-refractivity contribution < 1.29 is 24.2 Å². The zero-order chi connectivity index (χ0) is 17.7. The summed E-state index contributed by atoms with van der Waals surface area (Å²) in [5.41, 5.74) is 0.109. The van der Waals surface area contributed by atoms with Gasteiger partial charge in [-0.3, -0.25) is 9.59 Å². The van der Waals surface area contributed by atoms with Crippen LogP contribution in [-0.2, 0) is 25.7 Å². The molecular formula is C19H25NO5. The molecule has 1 amide bonds. The predicted octanol–water partition coefficient (Wildman–Crippen LogP) is 2.08. The monoisotopic (exact) mass is 347 g/mol. The molecule has 2 aliphatic rings. The summed E-state index contributed by atoms with van der Waals surface area (Å²) < 4.78 is 11.6. The number of carboxylic acid groups (broad SMARTS) is 1. The number of aliphatic carboxylic acids is 1. The number of benzene rings is 1. The molecule has 136 valence electrons. The second-order valence-corrected chi connectivity index (χ2v) is 6.81. The minimum absolute atomic E-state index is 0.0855. The molecule has 2 aliphatic heterocycles. The Kier molecular flexibility index (Phi) is 5.71. The number of hydrogen-bond donors (Lipinski definition) is 1. The van der Waals surface area contributed by atoms with Crippen molar-refractivity contribution in [2.24, 2.45) is 5.92 Å². The average molecular weight is 347 g/mol. The summed E-state index contributed by atoms with van der Waals surface area (Å²) in [5.74, 6) is -1.40. The van der Waals surface area contributed by atoms with Gasteiger partial charge in [-0.1, -0.05) is 30.3 Å². The second kappa shape index (κ2) is 7.97. The summed E-state index contributed by atoms with van der Waals surface area (Å²) in [6.07, 6.45) is 2.36. The van der Waals surface area contributed by atoms with Crippen molar-refractivity contribution in [1.82, 2.24) is 4.90 Å². The van der Waals surface area contributed by atoms with Crippen molar-refractivity contribution in [1.29, 1.82) is 0 Å². The molecule has 0 unspecified atom stereocenters. The number of nitrogens with zero attached hydrogens (tertiary/aromatic N) is 1. The molecule has 1 aromatic carbocycles. The molecular weight excluding hydrogens is 322 g/mol. The molecule has 3 rings (SSSR count). The van der Waals surface area contributed by atoms with Crippen molar-refractivity contribution in [3.05, 3.63) is 35.9 Å². The quantitative estimate of drug-likeness (QED) is 0.882. The lowest BCUT2D eigenvalue weighted by atomic mass is 9.89. The topological polar surface area (TPSA) is 76.1 Å². The van der Waals surface area contributed by atoms with Crippen LogP contribution in [0, 0.1) is 5.92 Å². The molecule has 2 heterocycles. The van der Waals surface area contributed by atoms with Crippen LogP contribution in [0.5, 0.6) is 0 Å². The van der Waals surface area contributed by atoms with Gasteiger partial charge in [0.1, 0.15) is 0 Å². The summed E-state index contributed by atoms with van der Waals surface area (Å²) in [7, 11) is 0. The standard InChI is InChI=1S/C19H25NO5/c21-17(22)16-7-4-10-20(13-16)18(23)19(8-11-24-12-9-19)25-14-15-5-2-1-3-6-15/h1-3,5-6,16H,4,7-14H2,(H,21,22)/t16-/m0/s1. The van der Waals surface area contributed by atoms with Crippen molar-refractivity contribution in [2.75, 3.05) is 26.3 Å². The van der Waals surface area contributed by atoms with E-state index < -0.39 is 17.5 Å².